The van der Waals surface area contributed by atoms with Crippen molar-refractivity contribution in [2.24, 2.45) is 0 Å². The zero-order valence-electron chi connectivity index (χ0n) is 17.6. The first-order chi connectivity index (χ1) is 14.5. The normalized spacial score (nSPS) is 16.6. The summed E-state index contributed by atoms with van der Waals surface area (Å²) < 4.78 is 14.8. The molecule has 7 heteroatoms. The second kappa shape index (κ2) is 8.42. The third-order valence-electron chi connectivity index (χ3n) is 6.01. The van der Waals surface area contributed by atoms with Crippen LogP contribution in [0.3, 0.4) is 0 Å². The summed E-state index contributed by atoms with van der Waals surface area (Å²) in [4.78, 5) is 27.1. The van der Waals surface area contributed by atoms with Crippen LogP contribution < -0.4 is 9.80 Å². The molecule has 6 nitrogen and oxygen atoms in total. The first kappa shape index (κ1) is 20.3. The second-order valence-corrected chi connectivity index (χ2v) is 8.14. The van der Waals surface area contributed by atoms with Gasteiger partial charge >= 0.3 is 0 Å². The van der Waals surface area contributed by atoms with Gasteiger partial charge in [0.2, 0.25) is 5.91 Å². The molecule has 1 fully saturated rings. The summed E-state index contributed by atoms with van der Waals surface area (Å²) in [6, 6.07) is 5.32. The van der Waals surface area contributed by atoms with E-state index in [2.05, 4.69) is 40.2 Å². The fraction of sp³-hybridized carbons (Fsp3) is 0.435. The Balaban J connectivity index is 1.56. The molecular weight excluding hydrogens is 381 g/mol. The lowest BCUT2D eigenvalue weighted by Crippen LogP contribution is -2.49. The van der Waals surface area contributed by atoms with Gasteiger partial charge in [0.1, 0.15) is 18.0 Å². The quantitative estimate of drug-likeness (QED) is 0.727. The Morgan fingerprint density at radius 3 is 2.60 bits per heavy atom. The van der Waals surface area contributed by atoms with Gasteiger partial charge in [0.15, 0.2) is 0 Å². The molecule has 0 aliphatic carbocycles. The zero-order valence-corrected chi connectivity index (χ0v) is 17.6. The lowest BCUT2D eigenvalue weighted by Gasteiger charge is -2.38. The van der Waals surface area contributed by atoms with Crippen LogP contribution in [0.25, 0.3) is 0 Å². The van der Waals surface area contributed by atoms with Crippen LogP contribution in [0.5, 0.6) is 0 Å². The molecule has 2 aliphatic heterocycles. The fourth-order valence-corrected chi connectivity index (χ4v) is 4.40. The first-order valence-electron chi connectivity index (χ1n) is 10.5. The van der Waals surface area contributed by atoms with Crippen LogP contribution in [0.4, 0.5) is 15.9 Å². The van der Waals surface area contributed by atoms with Gasteiger partial charge in [0.05, 0.1) is 17.9 Å². The van der Waals surface area contributed by atoms with Crippen molar-refractivity contribution in [1.29, 1.82) is 0 Å². The van der Waals surface area contributed by atoms with Crippen molar-refractivity contribution in [3.63, 3.8) is 0 Å². The molecule has 1 aromatic carbocycles. The smallest absolute Gasteiger partial charge is 0.246 e. The van der Waals surface area contributed by atoms with Gasteiger partial charge in [-0.2, -0.15) is 0 Å². The van der Waals surface area contributed by atoms with Crippen LogP contribution in [0.2, 0.25) is 0 Å². The minimum Gasteiger partial charge on any atom is -0.363 e. The van der Waals surface area contributed by atoms with Crippen LogP contribution >= 0.6 is 0 Å². The molecule has 0 radical (unpaired) electrons. The van der Waals surface area contributed by atoms with Gasteiger partial charge in [-0.05, 0) is 30.0 Å². The number of aromatic nitrogens is 2. The maximum absolute atomic E-state index is 14.8. The van der Waals surface area contributed by atoms with E-state index in [9.17, 15) is 9.18 Å². The Kier molecular flexibility index (Phi) is 5.70. The van der Waals surface area contributed by atoms with Crippen molar-refractivity contribution in [3.05, 3.63) is 59.8 Å². The number of benzene rings is 1. The number of piperazine rings is 1. The molecule has 0 bridgehead atoms. The van der Waals surface area contributed by atoms with Crippen molar-refractivity contribution < 1.29 is 9.18 Å². The number of anilines is 2. The predicted octanol–water partition coefficient (Wildman–Crippen LogP) is 3.14. The minimum atomic E-state index is -0.179. The summed E-state index contributed by atoms with van der Waals surface area (Å²) in [5, 5.41) is 0. The summed E-state index contributed by atoms with van der Waals surface area (Å²) in [6.07, 6.45) is 3.73. The molecule has 30 heavy (non-hydrogen) atoms. The van der Waals surface area contributed by atoms with Crippen molar-refractivity contribution in [1.82, 2.24) is 14.9 Å². The Bertz CT molecular complexity index is 953. The largest absolute Gasteiger partial charge is 0.363 e. The number of fused-ring (bicyclic) bond motifs is 1. The number of hydrogen-bond acceptors (Lipinski definition) is 5. The van der Waals surface area contributed by atoms with Crippen molar-refractivity contribution in [3.8, 4) is 0 Å². The van der Waals surface area contributed by atoms with E-state index >= 15 is 0 Å². The van der Waals surface area contributed by atoms with E-state index < -0.39 is 0 Å². The molecule has 0 saturated carbocycles. The maximum atomic E-state index is 14.8. The molecule has 0 N–H and O–H groups in total. The highest BCUT2D eigenvalue weighted by atomic mass is 19.1. The third kappa shape index (κ3) is 3.76. The topological polar surface area (TPSA) is 52.6 Å². The molecule has 0 spiro atoms. The van der Waals surface area contributed by atoms with Gasteiger partial charge in [-0.25, -0.2) is 14.4 Å². The van der Waals surface area contributed by atoms with Crippen LogP contribution in [0.1, 0.15) is 36.6 Å². The Hall–Kier alpha value is -2.96. The SMILES string of the molecule is C=CC(=O)N1CCN(c2ncnc3c2CCN(c2c(F)cccc2C(C)C)C3)CC1. The van der Waals surface area contributed by atoms with Gasteiger partial charge < -0.3 is 14.7 Å². The van der Waals surface area contributed by atoms with E-state index in [1.165, 1.54) is 12.1 Å². The number of rotatable bonds is 4. The highest BCUT2D eigenvalue weighted by Gasteiger charge is 2.28. The number of amides is 1. The molecule has 2 aromatic rings. The molecular formula is C23H28FN5O. The maximum Gasteiger partial charge on any atom is 0.246 e. The van der Waals surface area contributed by atoms with Crippen molar-refractivity contribution >= 4 is 17.4 Å². The van der Waals surface area contributed by atoms with Crippen LogP contribution in [-0.2, 0) is 17.8 Å². The average molecular weight is 410 g/mol. The summed E-state index contributed by atoms with van der Waals surface area (Å²) in [6.45, 7) is 11.8. The number of hydrogen-bond donors (Lipinski definition) is 0. The van der Waals surface area contributed by atoms with Crippen LogP contribution in [0, 0.1) is 5.82 Å². The molecule has 4 rings (SSSR count). The molecule has 1 saturated heterocycles. The number of nitrogens with zero attached hydrogens (tertiary/aromatic N) is 5. The van der Waals surface area contributed by atoms with Gasteiger partial charge in [-0.15, -0.1) is 0 Å². The van der Waals surface area contributed by atoms with Crippen molar-refractivity contribution in [2.75, 3.05) is 42.5 Å². The predicted molar refractivity (Wildman–Crippen MR) is 116 cm³/mol. The van der Waals surface area contributed by atoms with Crippen molar-refractivity contribution in [2.45, 2.75) is 32.7 Å². The van der Waals surface area contributed by atoms with Gasteiger partial charge in [-0.3, -0.25) is 4.79 Å². The van der Waals surface area contributed by atoms with E-state index in [1.54, 1.807) is 12.4 Å². The Labute approximate surface area is 177 Å². The Morgan fingerprint density at radius 1 is 1.13 bits per heavy atom. The molecule has 2 aliphatic rings. The molecule has 158 valence electrons. The minimum absolute atomic E-state index is 0.0270. The Morgan fingerprint density at radius 2 is 1.90 bits per heavy atom. The summed E-state index contributed by atoms with van der Waals surface area (Å²) in [5.74, 6) is 0.985. The summed E-state index contributed by atoms with van der Waals surface area (Å²) in [7, 11) is 0. The summed E-state index contributed by atoms with van der Waals surface area (Å²) in [5.41, 5.74) is 3.80. The van der Waals surface area contributed by atoms with Crippen LogP contribution in [0.15, 0.2) is 37.2 Å². The van der Waals surface area contributed by atoms with E-state index in [0.29, 0.717) is 25.3 Å². The molecule has 0 unspecified atom stereocenters. The lowest BCUT2D eigenvalue weighted by molar-refractivity contribution is -0.126. The number of halogens is 1. The highest BCUT2D eigenvalue weighted by molar-refractivity contribution is 5.87. The van der Waals surface area contributed by atoms with E-state index in [-0.39, 0.29) is 17.6 Å². The highest BCUT2D eigenvalue weighted by Crippen LogP contribution is 2.35. The number of para-hydroxylation sites is 1. The number of carbonyl (C=O) groups is 1. The van der Waals surface area contributed by atoms with Gasteiger partial charge in [-0.1, -0.05) is 32.6 Å². The molecule has 1 aromatic heterocycles. The molecule has 0 atom stereocenters. The fourth-order valence-electron chi connectivity index (χ4n) is 4.40. The third-order valence-corrected chi connectivity index (χ3v) is 6.01. The monoisotopic (exact) mass is 409 g/mol. The second-order valence-electron chi connectivity index (χ2n) is 8.14. The summed E-state index contributed by atoms with van der Waals surface area (Å²) >= 11 is 0. The van der Waals surface area contributed by atoms with Gasteiger partial charge in [0, 0.05) is 38.3 Å². The van der Waals surface area contributed by atoms with E-state index in [0.717, 1.165) is 48.7 Å². The van der Waals surface area contributed by atoms with E-state index in [1.807, 2.05) is 11.0 Å². The first-order valence-corrected chi connectivity index (χ1v) is 10.5. The van der Waals surface area contributed by atoms with E-state index in [4.69, 9.17) is 0 Å². The zero-order chi connectivity index (χ0) is 21.3. The molecule has 1 amide bonds. The average Bonchev–Trinajstić information content (AvgIpc) is 2.77. The molecule has 3 heterocycles. The van der Waals surface area contributed by atoms with Gasteiger partial charge in [0.25, 0.3) is 0 Å². The van der Waals surface area contributed by atoms with Crippen LogP contribution in [-0.4, -0.2) is 53.5 Å². The standard InChI is InChI=1S/C23H28FN5O/c1-4-21(30)27-10-12-28(13-11-27)23-18-8-9-29(14-20(18)25-15-26-23)22-17(16(2)3)6-5-7-19(22)24/h4-7,15-16H,1,8-14H2,2-3H3. The number of carbonyl (C=O) groups excluding carboxylic acids is 1. The lowest BCUT2D eigenvalue weighted by atomic mass is 9.97.